The first-order chi connectivity index (χ1) is 9.69. The standard InChI is InChI=1S/C15H21N3O2.ClH/c1-2-16-10-12-5-3-6-13(9-12)17-14(19)11-18-8-4-7-15(18)20;/h3,5-6,9,16H,2,4,7-8,10-11H2,1H3,(H,17,19);1H. The van der Waals surface area contributed by atoms with Crippen LogP contribution in [0.4, 0.5) is 5.69 Å². The Morgan fingerprint density at radius 3 is 2.86 bits per heavy atom. The lowest BCUT2D eigenvalue weighted by Gasteiger charge is -2.15. The summed E-state index contributed by atoms with van der Waals surface area (Å²) in [6.07, 6.45) is 1.41. The summed E-state index contributed by atoms with van der Waals surface area (Å²) in [6.45, 7) is 4.58. The van der Waals surface area contributed by atoms with Crippen molar-refractivity contribution >= 4 is 29.9 Å². The van der Waals surface area contributed by atoms with Crippen molar-refractivity contribution in [1.29, 1.82) is 0 Å². The summed E-state index contributed by atoms with van der Waals surface area (Å²) in [4.78, 5) is 25.0. The molecule has 1 heterocycles. The van der Waals surface area contributed by atoms with Gasteiger partial charge in [0.05, 0.1) is 6.54 Å². The molecule has 0 radical (unpaired) electrons. The molecule has 2 rings (SSSR count). The Hall–Kier alpha value is -1.59. The Bertz CT molecular complexity index is 494. The van der Waals surface area contributed by atoms with Crippen molar-refractivity contribution in [3.63, 3.8) is 0 Å². The summed E-state index contributed by atoms with van der Waals surface area (Å²) in [5.74, 6) is -0.0677. The van der Waals surface area contributed by atoms with E-state index in [1.54, 1.807) is 4.90 Å². The van der Waals surface area contributed by atoms with Crippen LogP contribution in [0.5, 0.6) is 0 Å². The number of nitrogens with zero attached hydrogens (tertiary/aromatic N) is 1. The van der Waals surface area contributed by atoms with Crippen LogP contribution in [-0.2, 0) is 16.1 Å². The highest BCUT2D eigenvalue weighted by Gasteiger charge is 2.22. The van der Waals surface area contributed by atoms with E-state index in [1.807, 2.05) is 24.3 Å². The number of benzene rings is 1. The molecule has 1 aromatic rings. The highest BCUT2D eigenvalue weighted by molar-refractivity contribution is 5.94. The number of likely N-dealkylation sites (tertiary alicyclic amines) is 1. The second-order valence-corrected chi connectivity index (χ2v) is 4.95. The van der Waals surface area contributed by atoms with E-state index in [0.29, 0.717) is 13.0 Å². The third kappa shape index (κ3) is 5.36. The van der Waals surface area contributed by atoms with E-state index >= 15 is 0 Å². The summed E-state index contributed by atoms with van der Waals surface area (Å²) in [5.41, 5.74) is 1.90. The van der Waals surface area contributed by atoms with E-state index in [9.17, 15) is 9.59 Å². The molecular weight excluding hydrogens is 290 g/mol. The maximum Gasteiger partial charge on any atom is 0.243 e. The SMILES string of the molecule is CCNCc1cccc(NC(=O)CN2CCCC2=O)c1.Cl. The largest absolute Gasteiger partial charge is 0.333 e. The molecule has 6 heteroatoms. The van der Waals surface area contributed by atoms with Gasteiger partial charge in [-0.2, -0.15) is 0 Å². The Kier molecular flexibility index (Phi) is 7.19. The smallest absolute Gasteiger partial charge is 0.243 e. The van der Waals surface area contributed by atoms with Gasteiger partial charge in [0.2, 0.25) is 11.8 Å². The molecule has 1 saturated heterocycles. The lowest BCUT2D eigenvalue weighted by molar-refractivity contribution is -0.131. The van der Waals surface area contributed by atoms with Crippen LogP contribution in [0.15, 0.2) is 24.3 Å². The van der Waals surface area contributed by atoms with Gasteiger partial charge in [-0.05, 0) is 30.7 Å². The van der Waals surface area contributed by atoms with Gasteiger partial charge in [-0.3, -0.25) is 9.59 Å². The molecule has 1 fully saturated rings. The van der Waals surface area contributed by atoms with Gasteiger partial charge < -0.3 is 15.5 Å². The van der Waals surface area contributed by atoms with E-state index in [0.717, 1.165) is 30.8 Å². The molecule has 0 aromatic heterocycles. The van der Waals surface area contributed by atoms with Crippen molar-refractivity contribution in [2.45, 2.75) is 26.3 Å². The topological polar surface area (TPSA) is 61.4 Å². The lowest BCUT2D eigenvalue weighted by Crippen LogP contribution is -2.33. The fourth-order valence-electron chi connectivity index (χ4n) is 2.27. The summed E-state index contributed by atoms with van der Waals surface area (Å²) >= 11 is 0. The van der Waals surface area contributed by atoms with Gasteiger partial charge >= 0.3 is 0 Å². The zero-order valence-corrected chi connectivity index (χ0v) is 13.0. The van der Waals surface area contributed by atoms with Gasteiger partial charge in [0.1, 0.15) is 0 Å². The number of hydrogen-bond acceptors (Lipinski definition) is 3. The van der Waals surface area contributed by atoms with Crippen LogP contribution in [0, 0.1) is 0 Å². The quantitative estimate of drug-likeness (QED) is 0.842. The summed E-state index contributed by atoms with van der Waals surface area (Å²) in [5, 5.41) is 6.09. The molecule has 0 atom stereocenters. The average molecular weight is 312 g/mol. The molecule has 21 heavy (non-hydrogen) atoms. The summed E-state index contributed by atoms with van der Waals surface area (Å²) in [7, 11) is 0. The van der Waals surface area contributed by atoms with Gasteiger partial charge in [-0.1, -0.05) is 19.1 Å². The maximum atomic E-state index is 11.9. The predicted molar refractivity (Wildman–Crippen MR) is 85.5 cm³/mol. The van der Waals surface area contributed by atoms with Crippen LogP contribution in [0.3, 0.4) is 0 Å². The molecule has 2 amide bonds. The van der Waals surface area contributed by atoms with Gasteiger partial charge in [0, 0.05) is 25.2 Å². The number of carbonyl (C=O) groups is 2. The van der Waals surface area contributed by atoms with Crippen LogP contribution < -0.4 is 10.6 Å². The summed E-state index contributed by atoms with van der Waals surface area (Å²) < 4.78 is 0. The number of rotatable bonds is 6. The Morgan fingerprint density at radius 1 is 1.38 bits per heavy atom. The molecule has 2 N–H and O–H groups in total. The molecular formula is C15H22ClN3O2. The normalized spacial score (nSPS) is 14.0. The summed E-state index contributed by atoms with van der Waals surface area (Å²) in [6, 6.07) is 7.75. The van der Waals surface area contributed by atoms with Crippen molar-refractivity contribution in [3.05, 3.63) is 29.8 Å². The Morgan fingerprint density at radius 2 is 2.19 bits per heavy atom. The van der Waals surface area contributed by atoms with Gasteiger partial charge in [0.15, 0.2) is 0 Å². The first-order valence-corrected chi connectivity index (χ1v) is 7.06. The van der Waals surface area contributed by atoms with Gasteiger partial charge in [-0.25, -0.2) is 0 Å². The van der Waals surface area contributed by atoms with Crippen LogP contribution in [-0.4, -0.2) is 36.3 Å². The molecule has 1 aliphatic heterocycles. The Labute approximate surface area is 131 Å². The molecule has 116 valence electrons. The number of halogens is 1. The number of anilines is 1. The van der Waals surface area contributed by atoms with Crippen molar-refractivity contribution in [1.82, 2.24) is 10.2 Å². The molecule has 1 aliphatic rings. The number of carbonyl (C=O) groups excluding carboxylic acids is 2. The zero-order chi connectivity index (χ0) is 14.4. The first kappa shape index (κ1) is 17.5. The third-order valence-electron chi connectivity index (χ3n) is 3.30. The molecule has 0 spiro atoms. The molecule has 1 aromatic carbocycles. The second-order valence-electron chi connectivity index (χ2n) is 4.95. The first-order valence-electron chi connectivity index (χ1n) is 7.06. The fourth-order valence-corrected chi connectivity index (χ4v) is 2.27. The number of nitrogens with one attached hydrogen (secondary N) is 2. The van der Waals surface area contributed by atoms with Crippen molar-refractivity contribution in [2.75, 3.05) is 25.0 Å². The van der Waals surface area contributed by atoms with Crippen molar-refractivity contribution in [2.24, 2.45) is 0 Å². The van der Waals surface area contributed by atoms with Crippen LogP contribution in [0.2, 0.25) is 0 Å². The minimum Gasteiger partial charge on any atom is -0.333 e. The average Bonchev–Trinajstić information content (AvgIpc) is 2.82. The lowest BCUT2D eigenvalue weighted by atomic mass is 10.2. The molecule has 0 bridgehead atoms. The monoisotopic (exact) mass is 311 g/mol. The zero-order valence-electron chi connectivity index (χ0n) is 12.2. The predicted octanol–water partition coefficient (Wildman–Crippen LogP) is 1.78. The van der Waals surface area contributed by atoms with E-state index in [-0.39, 0.29) is 30.8 Å². The van der Waals surface area contributed by atoms with Crippen LogP contribution >= 0.6 is 12.4 Å². The molecule has 0 unspecified atom stereocenters. The molecule has 0 aliphatic carbocycles. The van der Waals surface area contributed by atoms with E-state index < -0.39 is 0 Å². The van der Waals surface area contributed by atoms with Crippen LogP contribution in [0.25, 0.3) is 0 Å². The fraction of sp³-hybridized carbons (Fsp3) is 0.467. The molecule has 0 saturated carbocycles. The highest BCUT2D eigenvalue weighted by Crippen LogP contribution is 2.12. The van der Waals surface area contributed by atoms with Crippen molar-refractivity contribution < 1.29 is 9.59 Å². The number of hydrogen-bond donors (Lipinski definition) is 2. The van der Waals surface area contributed by atoms with Gasteiger partial charge in [-0.15, -0.1) is 12.4 Å². The second kappa shape index (κ2) is 8.64. The van der Waals surface area contributed by atoms with Crippen molar-refractivity contribution in [3.8, 4) is 0 Å². The van der Waals surface area contributed by atoms with Crippen LogP contribution in [0.1, 0.15) is 25.3 Å². The maximum absolute atomic E-state index is 11.9. The third-order valence-corrected chi connectivity index (χ3v) is 3.30. The highest BCUT2D eigenvalue weighted by atomic mass is 35.5. The van der Waals surface area contributed by atoms with E-state index in [1.165, 1.54) is 0 Å². The minimum atomic E-state index is -0.138. The van der Waals surface area contributed by atoms with E-state index in [2.05, 4.69) is 17.6 Å². The van der Waals surface area contributed by atoms with Gasteiger partial charge in [0.25, 0.3) is 0 Å². The van der Waals surface area contributed by atoms with E-state index in [4.69, 9.17) is 0 Å². The number of amides is 2. The minimum absolute atomic E-state index is 0. The Balaban J connectivity index is 0.00000220. The molecule has 5 nitrogen and oxygen atoms in total.